The Morgan fingerprint density at radius 3 is 2.67 bits per heavy atom. The van der Waals surface area contributed by atoms with Gasteiger partial charge >= 0.3 is 0 Å². The first-order chi connectivity index (χ1) is 8.72. The average Bonchev–Trinajstić information content (AvgIpc) is 2.74. The lowest BCUT2D eigenvalue weighted by Gasteiger charge is -2.03. The third-order valence-electron chi connectivity index (χ3n) is 3.07. The van der Waals surface area contributed by atoms with E-state index in [2.05, 4.69) is 71.0 Å². The Hall–Kier alpha value is -1.36. The minimum Gasteiger partial charge on any atom is -0.240 e. The first-order valence-electron chi connectivity index (χ1n) is 5.90. The van der Waals surface area contributed by atoms with Crippen LogP contribution in [0.4, 0.5) is 0 Å². The molecule has 0 aliphatic heterocycles. The lowest BCUT2D eigenvalue weighted by atomic mass is 10.0. The fourth-order valence-electron chi connectivity index (χ4n) is 2.05. The van der Waals surface area contributed by atoms with Gasteiger partial charge in [0.1, 0.15) is 0 Å². The van der Waals surface area contributed by atoms with Crippen LogP contribution in [-0.4, -0.2) is 9.61 Å². The molecule has 2 nitrogen and oxygen atoms in total. The third-order valence-corrected chi connectivity index (χ3v) is 3.90. The zero-order valence-corrected chi connectivity index (χ0v) is 12.3. The van der Waals surface area contributed by atoms with Crippen molar-refractivity contribution in [1.82, 2.24) is 9.61 Å². The summed E-state index contributed by atoms with van der Waals surface area (Å²) in [6, 6.07) is 13.1. The highest BCUT2D eigenvalue weighted by molar-refractivity contribution is 14.1. The molecule has 0 saturated carbocycles. The second-order valence-electron chi connectivity index (χ2n) is 4.52. The molecule has 0 radical (unpaired) electrons. The molecule has 0 saturated heterocycles. The van der Waals surface area contributed by atoms with Gasteiger partial charge in [-0.25, -0.2) is 4.52 Å². The first-order valence-corrected chi connectivity index (χ1v) is 6.97. The molecule has 3 heteroatoms. The van der Waals surface area contributed by atoms with Gasteiger partial charge in [0, 0.05) is 6.20 Å². The van der Waals surface area contributed by atoms with Crippen LogP contribution >= 0.6 is 22.6 Å². The van der Waals surface area contributed by atoms with Crippen molar-refractivity contribution in [2.24, 2.45) is 0 Å². The molecule has 1 aromatic carbocycles. The summed E-state index contributed by atoms with van der Waals surface area (Å²) in [7, 11) is 0. The fraction of sp³-hybridized carbons (Fsp3) is 0.133. The largest absolute Gasteiger partial charge is 0.240 e. The van der Waals surface area contributed by atoms with Crippen molar-refractivity contribution in [2.45, 2.75) is 13.3 Å². The monoisotopic (exact) mass is 348 g/mol. The van der Waals surface area contributed by atoms with E-state index in [9.17, 15) is 0 Å². The van der Waals surface area contributed by atoms with Gasteiger partial charge in [0.25, 0.3) is 0 Å². The summed E-state index contributed by atoms with van der Waals surface area (Å²) in [5.74, 6) is 0. The molecular formula is C15H13IN2. The summed E-state index contributed by atoms with van der Waals surface area (Å²) in [5.41, 5.74) is 5.16. The zero-order chi connectivity index (χ0) is 12.5. The Balaban J connectivity index is 1.94. The molecule has 2 aromatic heterocycles. The second kappa shape index (κ2) is 4.72. The molecule has 0 aliphatic rings. The molecular weight excluding hydrogens is 335 g/mol. The predicted molar refractivity (Wildman–Crippen MR) is 81.9 cm³/mol. The van der Waals surface area contributed by atoms with Crippen molar-refractivity contribution >= 4 is 28.1 Å². The maximum atomic E-state index is 4.29. The van der Waals surface area contributed by atoms with Gasteiger partial charge in [-0.2, -0.15) is 5.10 Å². The van der Waals surface area contributed by atoms with Crippen LogP contribution in [0.1, 0.15) is 16.7 Å². The van der Waals surface area contributed by atoms with Crippen molar-refractivity contribution in [3.63, 3.8) is 0 Å². The maximum Gasteiger partial charge on any atom is 0.0798 e. The van der Waals surface area contributed by atoms with Gasteiger partial charge in [-0.1, -0.05) is 29.8 Å². The number of benzene rings is 1. The maximum absolute atomic E-state index is 4.29. The number of aromatic nitrogens is 2. The van der Waals surface area contributed by atoms with Crippen LogP contribution in [-0.2, 0) is 6.42 Å². The van der Waals surface area contributed by atoms with E-state index < -0.39 is 0 Å². The van der Waals surface area contributed by atoms with Crippen molar-refractivity contribution in [2.75, 3.05) is 0 Å². The summed E-state index contributed by atoms with van der Waals surface area (Å²) in [6.07, 6.45) is 4.89. The number of hydrogen-bond donors (Lipinski definition) is 0. The molecule has 0 atom stereocenters. The van der Waals surface area contributed by atoms with Crippen molar-refractivity contribution in [3.05, 3.63) is 69.1 Å². The molecule has 0 bridgehead atoms. The van der Waals surface area contributed by atoms with E-state index in [4.69, 9.17) is 0 Å². The van der Waals surface area contributed by atoms with Gasteiger partial charge in [0.15, 0.2) is 0 Å². The van der Waals surface area contributed by atoms with Gasteiger partial charge in [0.2, 0.25) is 0 Å². The second-order valence-corrected chi connectivity index (χ2v) is 5.68. The molecule has 18 heavy (non-hydrogen) atoms. The lowest BCUT2D eigenvalue weighted by molar-refractivity contribution is 0.954. The molecule has 3 rings (SSSR count). The van der Waals surface area contributed by atoms with Crippen molar-refractivity contribution in [1.29, 1.82) is 0 Å². The van der Waals surface area contributed by atoms with E-state index in [-0.39, 0.29) is 0 Å². The van der Waals surface area contributed by atoms with E-state index in [1.807, 2.05) is 16.9 Å². The standard InChI is InChI=1S/C15H13IN2/c1-11-2-4-12(5-3-11)8-13-6-7-18-15(9-13)14(16)10-17-18/h2-7,9-10H,8H2,1H3. The van der Waals surface area contributed by atoms with Crippen LogP contribution in [0.2, 0.25) is 0 Å². The lowest BCUT2D eigenvalue weighted by Crippen LogP contribution is -1.92. The highest BCUT2D eigenvalue weighted by atomic mass is 127. The number of nitrogens with zero attached hydrogens (tertiary/aromatic N) is 2. The van der Waals surface area contributed by atoms with E-state index in [0.717, 1.165) is 6.42 Å². The Morgan fingerprint density at radius 2 is 1.89 bits per heavy atom. The Kier molecular flexibility index (Phi) is 3.07. The summed E-state index contributed by atoms with van der Waals surface area (Å²) in [5, 5.41) is 4.29. The van der Waals surface area contributed by atoms with Gasteiger partial charge in [-0.05, 0) is 59.2 Å². The highest BCUT2D eigenvalue weighted by Crippen LogP contribution is 2.17. The Morgan fingerprint density at radius 1 is 1.11 bits per heavy atom. The number of halogens is 1. The van der Waals surface area contributed by atoms with Gasteiger partial charge in [0.05, 0.1) is 15.3 Å². The van der Waals surface area contributed by atoms with Gasteiger partial charge in [-0.3, -0.25) is 0 Å². The number of rotatable bonds is 2. The molecule has 0 spiro atoms. The number of hydrogen-bond acceptors (Lipinski definition) is 1. The summed E-state index contributed by atoms with van der Waals surface area (Å²) in [4.78, 5) is 0. The molecule has 0 aliphatic carbocycles. The zero-order valence-electron chi connectivity index (χ0n) is 10.1. The van der Waals surface area contributed by atoms with Crippen LogP contribution in [0.5, 0.6) is 0 Å². The molecule has 3 aromatic rings. The molecule has 0 unspecified atom stereocenters. The van der Waals surface area contributed by atoms with Crippen LogP contribution < -0.4 is 0 Å². The third kappa shape index (κ3) is 2.27. The van der Waals surface area contributed by atoms with Gasteiger partial charge < -0.3 is 0 Å². The normalized spacial score (nSPS) is 11.0. The molecule has 0 fully saturated rings. The van der Waals surface area contributed by atoms with Crippen molar-refractivity contribution in [3.8, 4) is 0 Å². The topological polar surface area (TPSA) is 17.3 Å². The van der Waals surface area contributed by atoms with Gasteiger partial charge in [-0.15, -0.1) is 0 Å². The van der Waals surface area contributed by atoms with E-state index in [1.54, 1.807) is 0 Å². The summed E-state index contributed by atoms with van der Waals surface area (Å²) >= 11 is 2.32. The van der Waals surface area contributed by atoms with E-state index in [0.29, 0.717) is 0 Å². The van der Waals surface area contributed by atoms with Crippen LogP contribution in [0, 0.1) is 10.5 Å². The number of aryl methyl sites for hydroxylation is 1. The predicted octanol–water partition coefficient (Wildman–Crippen LogP) is 3.84. The first kappa shape index (κ1) is 11.7. The summed E-state index contributed by atoms with van der Waals surface area (Å²) < 4.78 is 3.11. The van der Waals surface area contributed by atoms with E-state index >= 15 is 0 Å². The molecule has 2 heterocycles. The summed E-state index contributed by atoms with van der Waals surface area (Å²) in [6.45, 7) is 2.12. The highest BCUT2D eigenvalue weighted by Gasteiger charge is 2.03. The molecule has 0 N–H and O–H groups in total. The molecule has 0 amide bonds. The number of fused-ring (bicyclic) bond motifs is 1. The fourth-order valence-corrected chi connectivity index (χ4v) is 2.57. The minimum atomic E-state index is 0.970. The molecule has 90 valence electrons. The quantitative estimate of drug-likeness (QED) is 0.644. The van der Waals surface area contributed by atoms with Crippen LogP contribution in [0.3, 0.4) is 0 Å². The van der Waals surface area contributed by atoms with E-state index in [1.165, 1.54) is 25.8 Å². The minimum absolute atomic E-state index is 0.970. The average molecular weight is 348 g/mol. The smallest absolute Gasteiger partial charge is 0.0798 e. The Bertz CT molecular complexity index is 683. The SMILES string of the molecule is Cc1ccc(Cc2ccn3ncc(I)c3c2)cc1. The Labute approximate surface area is 120 Å². The van der Waals surface area contributed by atoms with Crippen molar-refractivity contribution < 1.29 is 0 Å². The number of pyridine rings is 1. The van der Waals surface area contributed by atoms with Crippen LogP contribution in [0.25, 0.3) is 5.52 Å². The van der Waals surface area contributed by atoms with Crippen LogP contribution in [0.15, 0.2) is 48.8 Å².